The van der Waals surface area contributed by atoms with Gasteiger partial charge in [-0.2, -0.15) is 0 Å². The molecule has 1 aliphatic rings. The highest BCUT2D eigenvalue weighted by Gasteiger charge is 2.54. The van der Waals surface area contributed by atoms with E-state index in [-0.39, 0.29) is 17.5 Å². The van der Waals surface area contributed by atoms with Gasteiger partial charge in [0.25, 0.3) is 0 Å². The first kappa shape index (κ1) is 20.3. The minimum Gasteiger partial charge on any atom is -0.510 e. The number of hydrogen-bond donors (Lipinski definition) is 2. The van der Waals surface area contributed by atoms with Crippen LogP contribution in [-0.4, -0.2) is 15.9 Å². The van der Waals surface area contributed by atoms with Crippen LogP contribution >= 0.6 is 0 Å². The first-order chi connectivity index (χ1) is 15.3. The SMILES string of the molecule is Cc1ccc(C2(C)C(=O)C(C(c3ccccc3)c3[nH]c4ccc(C)cc4c3C)=C2O)cc1. The molecule has 1 heterocycles. The average molecular weight is 422 g/mol. The Hall–Kier alpha value is -3.59. The Morgan fingerprint density at radius 2 is 1.53 bits per heavy atom. The Labute approximate surface area is 188 Å². The maximum Gasteiger partial charge on any atom is 0.181 e. The van der Waals surface area contributed by atoms with Crippen molar-refractivity contribution < 1.29 is 9.90 Å². The summed E-state index contributed by atoms with van der Waals surface area (Å²) in [4.78, 5) is 17.3. The second-order valence-electron chi connectivity index (χ2n) is 9.14. The number of H-pyrrole nitrogens is 1. The van der Waals surface area contributed by atoms with E-state index in [4.69, 9.17) is 0 Å². The molecule has 0 bridgehead atoms. The van der Waals surface area contributed by atoms with E-state index in [2.05, 4.69) is 37.0 Å². The Kier molecular flexibility index (Phi) is 4.59. The van der Waals surface area contributed by atoms with E-state index in [1.807, 2.05) is 68.4 Å². The number of aromatic nitrogens is 1. The maximum absolute atomic E-state index is 13.7. The van der Waals surface area contributed by atoms with Crippen LogP contribution in [0.25, 0.3) is 10.9 Å². The lowest BCUT2D eigenvalue weighted by Gasteiger charge is -2.41. The Balaban J connectivity index is 1.71. The van der Waals surface area contributed by atoms with Gasteiger partial charge in [-0.15, -0.1) is 0 Å². The number of aromatic amines is 1. The molecule has 4 aromatic rings. The molecule has 3 aromatic carbocycles. The number of nitrogens with one attached hydrogen (secondary N) is 1. The van der Waals surface area contributed by atoms with Crippen LogP contribution in [0, 0.1) is 20.8 Å². The van der Waals surface area contributed by atoms with Crippen LogP contribution < -0.4 is 0 Å². The van der Waals surface area contributed by atoms with E-state index in [1.165, 1.54) is 5.56 Å². The van der Waals surface area contributed by atoms with Gasteiger partial charge in [-0.1, -0.05) is 71.8 Å². The second kappa shape index (κ2) is 7.23. The van der Waals surface area contributed by atoms with Gasteiger partial charge in [0.1, 0.15) is 11.2 Å². The quantitative estimate of drug-likeness (QED) is 0.391. The predicted molar refractivity (Wildman–Crippen MR) is 129 cm³/mol. The number of Topliss-reactive ketones (excluding diaryl/α,β-unsaturated/α-hetero) is 1. The zero-order chi connectivity index (χ0) is 22.6. The standard InChI is InChI=1S/C29H27NO2/c1-17-10-13-21(14-11-17)29(4)27(31)25(28(29)32)24(20-8-6-5-7-9-20)26-19(3)22-16-18(2)12-15-23(22)30-26/h5-16,24,30-31H,1-4H3. The van der Waals surface area contributed by atoms with Crippen LogP contribution in [0.5, 0.6) is 0 Å². The summed E-state index contributed by atoms with van der Waals surface area (Å²) in [6.07, 6.45) is 0. The minimum absolute atomic E-state index is 0.0260. The van der Waals surface area contributed by atoms with Crippen LogP contribution in [0.15, 0.2) is 84.1 Å². The molecule has 3 heteroatoms. The molecule has 0 amide bonds. The molecule has 5 rings (SSSR count). The van der Waals surface area contributed by atoms with Gasteiger partial charge < -0.3 is 10.1 Å². The zero-order valence-electron chi connectivity index (χ0n) is 18.9. The van der Waals surface area contributed by atoms with Crippen molar-refractivity contribution in [2.75, 3.05) is 0 Å². The van der Waals surface area contributed by atoms with E-state index < -0.39 is 5.41 Å². The molecule has 3 nitrogen and oxygen atoms in total. The third kappa shape index (κ3) is 2.85. The lowest BCUT2D eigenvalue weighted by molar-refractivity contribution is -0.123. The van der Waals surface area contributed by atoms with E-state index in [0.717, 1.165) is 38.9 Å². The topological polar surface area (TPSA) is 53.1 Å². The van der Waals surface area contributed by atoms with Crippen molar-refractivity contribution in [2.45, 2.75) is 39.0 Å². The van der Waals surface area contributed by atoms with Gasteiger partial charge in [-0.05, 0) is 56.5 Å². The van der Waals surface area contributed by atoms with Gasteiger partial charge in [0.15, 0.2) is 5.78 Å². The van der Waals surface area contributed by atoms with Crippen molar-refractivity contribution in [3.05, 3.63) is 118 Å². The van der Waals surface area contributed by atoms with Crippen molar-refractivity contribution in [3.63, 3.8) is 0 Å². The number of fused-ring (bicyclic) bond motifs is 1. The van der Waals surface area contributed by atoms with Crippen molar-refractivity contribution in [3.8, 4) is 0 Å². The van der Waals surface area contributed by atoms with Gasteiger partial charge in [-0.3, -0.25) is 4.79 Å². The molecule has 2 atom stereocenters. The van der Waals surface area contributed by atoms with Crippen LogP contribution in [0.3, 0.4) is 0 Å². The van der Waals surface area contributed by atoms with Gasteiger partial charge >= 0.3 is 0 Å². The monoisotopic (exact) mass is 421 g/mol. The van der Waals surface area contributed by atoms with E-state index in [1.54, 1.807) is 0 Å². The van der Waals surface area contributed by atoms with Crippen LogP contribution in [0.4, 0.5) is 0 Å². The van der Waals surface area contributed by atoms with Crippen molar-refractivity contribution in [2.24, 2.45) is 0 Å². The number of carbonyl (C=O) groups excluding carboxylic acids is 1. The summed E-state index contributed by atoms with van der Waals surface area (Å²) in [6, 6.07) is 24.1. The Morgan fingerprint density at radius 1 is 0.875 bits per heavy atom. The fourth-order valence-electron chi connectivity index (χ4n) is 4.99. The first-order valence-electron chi connectivity index (χ1n) is 11.0. The molecule has 0 saturated carbocycles. The number of benzene rings is 3. The Bertz CT molecular complexity index is 1380. The van der Waals surface area contributed by atoms with E-state index in [0.29, 0.717) is 5.57 Å². The van der Waals surface area contributed by atoms with Crippen LogP contribution in [0.1, 0.15) is 46.4 Å². The molecule has 2 N–H and O–H groups in total. The molecule has 1 aromatic heterocycles. The highest BCUT2D eigenvalue weighted by Crippen LogP contribution is 2.51. The molecule has 1 aliphatic carbocycles. The number of aliphatic hydroxyl groups excluding tert-OH is 1. The minimum atomic E-state index is -1.01. The smallest absolute Gasteiger partial charge is 0.181 e. The van der Waals surface area contributed by atoms with Crippen molar-refractivity contribution in [1.82, 2.24) is 4.98 Å². The summed E-state index contributed by atoms with van der Waals surface area (Å²) in [5.41, 5.74) is 6.70. The molecule has 0 saturated heterocycles. The number of rotatable bonds is 4. The first-order valence-corrected chi connectivity index (χ1v) is 11.0. The number of allylic oxidation sites excluding steroid dienone is 2. The summed E-state index contributed by atoms with van der Waals surface area (Å²) >= 11 is 0. The molecule has 0 radical (unpaired) electrons. The number of ketones is 1. The summed E-state index contributed by atoms with van der Waals surface area (Å²) in [5.74, 6) is -0.216. The van der Waals surface area contributed by atoms with Crippen LogP contribution in [-0.2, 0) is 10.2 Å². The molecule has 32 heavy (non-hydrogen) atoms. The van der Waals surface area contributed by atoms with Crippen molar-refractivity contribution >= 4 is 16.7 Å². The average Bonchev–Trinajstić information content (AvgIpc) is 3.13. The van der Waals surface area contributed by atoms with Gasteiger partial charge in [-0.25, -0.2) is 0 Å². The van der Waals surface area contributed by atoms with Crippen molar-refractivity contribution in [1.29, 1.82) is 0 Å². The summed E-state index contributed by atoms with van der Waals surface area (Å²) in [7, 11) is 0. The third-order valence-electron chi connectivity index (χ3n) is 7.02. The van der Waals surface area contributed by atoms with Gasteiger partial charge in [0.05, 0.1) is 5.92 Å². The lowest BCUT2D eigenvalue weighted by Crippen LogP contribution is -2.47. The van der Waals surface area contributed by atoms with E-state index >= 15 is 0 Å². The summed E-state index contributed by atoms with van der Waals surface area (Å²) in [6.45, 7) is 8.00. The fourth-order valence-corrected chi connectivity index (χ4v) is 4.99. The number of hydrogen-bond acceptors (Lipinski definition) is 2. The van der Waals surface area contributed by atoms with Gasteiger partial charge in [0, 0.05) is 22.2 Å². The number of carbonyl (C=O) groups is 1. The highest BCUT2D eigenvalue weighted by molar-refractivity contribution is 6.14. The molecule has 0 spiro atoms. The normalized spacial score (nSPS) is 19.3. The Morgan fingerprint density at radius 3 is 2.19 bits per heavy atom. The predicted octanol–water partition coefficient (Wildman–Crippen LogP) is 6.58. The molecular weight excluding hydrogens is 394 g/mol. The molecule has 0 fully saturated rings. The fraction of sp³-hybridized carbons (Fsp3) is 0.207. The summed E-state index contributed by atoms with van der Waals surface area (Å²) in [5, 5.41) is 12.5. The summed E-state index contributed by atoms with van der Waals surface area (Å²) < 4.78 is 0. The molecular formula is C29H27NO2. The largest absolute Gasteiger partial charge is 0.510 e. The third-order valence-corrected chi connectivity index (χ3v) is 7.02. The van der Waals surface area contributed by atoms with Crippen LogP contribution in [0.2, 0.25) is 0 Å². The number of aliphatic hydroxyl groups is 1. The van der Waals surface area contributed by atoms with Gasteiger partial charge in [0.2, 0.25) is 0 Å². The maximum atomic E-state index is 13.7. The highest BCUT2D eigenvalue weighted by atomic mass is 16.3. The second-order valence-corrected chi connectivity index (χ2v) is 9.14. The zero-order valence-corrected chi connectivity index (χ0v) is 18.9. The number of aryl methyl sites for hydroxylation is 3. The lowest BCUT2D eigenvalue weighted by atomic mass is 9.60. The molecule has 2 unspecified atom stereocenters. The van der Waals surface area contributed by atoms with E-state index in [9.17, 15) is 9.90 Å². The molecule has 160 valence electrons. The molecule has 0 aliphatic heterocycles.